The Morgan fingerprint density at radius 3 is 2.32 bits per heavy atom. The molecule has 0 aliphatic rings. The van der Waals surface area contributed by atoms with Crippen molar-refractivity contribution >= 4 is 5.91 Å². The Morgan fingerprint density at radius 2 is 1.84 bits per heavy atom. The third-order valence-corrected chi connectivity index (χ3v) is 3.53. The van der Waals surface area contributed by atoms with Crippen LogP contribution in [0.2, 0.25) is 0 Å². The Balaban J connectivity index is 2.66. The second-order valence-corrected chi connectivity index (χ2v) is 5.02. The van der Waals surface area contributed by atoms with Gasteiger partial charge >= 0.3 is 0 Å². The summed E-state index contributed by atoms with van der Waals surface area (Å²) in [5, 5.41) is 3.01. The third-order valence-electron chi connectivity index (χ3n) is 3.53. The summed E-state index contributed by atoms with van der Waals surface area (Å²) in [6.07, 6.45) is 7.10. The second-order valence-electron chi connectivity index (χ2n) is 5.02. The van der Waals surface area contributed by atoms with Crippen molar-refractivity contribution in [2.24, 2.45) is 11.1 Å². The molecular formula is C15H25N3O. The average Bonchev–Trinajstić information content (AvgIpc) is 2.45. The highest BCUT2D eigenvalue weighted by Crippen LogP contribution is 2.29. The molecule has 4 nitrogen and oxygen atoms in total. The molecule has 0 atom stereocenters. The highest BCUT2D eigenvalue weighted by Gasteiger charge is 2.34. The number of hydrogen-bond acceptors (Lipinski definition) is 3. The Hall–Kier alpha value is -1.42. The summed E-state index contributed by atoms with van der Waals surface area (Å²) < 4.78 is 0. The van der Waals surface area contributed by atoms with Gasteiger partial charge in [-0.25, -0.2) is 0 Å². The summed E-state index contributed by atoms with van der Waals surface area (Å²) >= 11 is 0. The second kappa shape index (κ2) is 7.89. The fraction of sp³-hybridized carbons (Fsp3) is 0.600. The van der Waals surface area contributed by atoms with E-state index in [2.05, 4.69) is 24.1 Å². The van der Waals surface area contributed by atoms with Crippen LogP contribution in [0.5, 0.6) is 0 Å². The number of nitrogens with one attached hydrogen (secondary N) is 1. The van der Waals surface area contributed by atoms with Gasteiger partial charge in [0.05, 0.1) is 5.41 Å². The minimum absolute atomic E-state index is 0.0792. The van der Waals surface area contributed by atoms with Gasteiger partial charge in [0.25, 0.3) is 0 Å². The maximum absolute atomic E-state index is 12.4. The summed E-state index contributed by atoms with van der Waals surface area (Å²) in [6.45, 7) is 5.14. The number of hydrogen-bond donors (Lipinski definition) is 2. The molecule has 0 aromatic carbocycles. The molecule has 0 saturated carbocycles. The molecule has 4 heteroatoms. The van der Waals surface area contributed by atoms with E-state index in [0.717, 1.165) is 31.2 Å². The van der Waals surface area contributed by atoms with Crippen molar-refractivity contribution in [2.45, 2.75) is 46.1 Å². The van der Waals surface area contributed by atoms with Gasteiger partial charge in [-0.15, -0.1) is 0 Å². The van der Waals surface area contributed by atoms with Gasteiger partial charge in [-0.3, -0.25) is 9.78 Å². The van der Waals surface area contributed by atoms with E-state index in [-0.39, 0.29) is 5.91 Å². The van der Waals surface area contributed by atoms with Crippen LogP contribution >= 0.6 is 0 Å². The standard InChI is InChI=1S/C15H25N3O/c1-3-7-15(12-16,8-4-2)14(19)18-11-13-5-9-17-10-6-13/h5-6,9-10H,3-4,7-8,11-12,16H2,1-2H3,(H,18,19). The fourth-order valence-corrected chi connectivity index (χ4v) is 2.48. The van der Waals surface area contributed by atoms with Gasteiger partial charge in [0.1, 0.15) is 0 Å². The molecule has 3 N–H and O–H groups in total. The Kier molecular flexibility index (Phi) is 6.50. The van der Waals surface area contributed by atoms with E-state index in [9.17, 15) is 4.79 Å². The lowest BCUT2D eigenvalue weighted by Gasteiger charge is -2.30. The van der Waals surface area contributed by atoms with E-state index in [1.54, 1.807) is 12.4 Å². The molecule has 0 fully saturated rings. The van der Waals surface area contributed by atoms with Crippen molar-refractivity contribution in [2.75, 3.05) is 6.54 Å². The van der Waals surface area contributed by atoms with Crippen LogP contribution in [0.3, 0.4) is 0 Å². The van der Waals surface area contributed by atoms with Crippen molar-refractivity contribution in [1.82, 2.24) is 10.3 Å². The number of amides is 1. The summed E-state index contributed by atoms with van der Waals surface area (Å²) in [5.41, 5.74) is 6.53. The minimum Gasteiger partial charge on any atom is -0.352 e. The number of nitrogens with two attached hydrogens (primary N) is 1. The number of pyridine rings is 1. The smallest absolute Gasteiger partial charge is 0.227 e. The normalized spacial score (nSPS) is 11.3. The Bertz CT molecular complexity index is 372. The van der Waals surface area contributed by atoms with Crippen molar-refractivity contribution in [3.63, 3.8) is 0 Å². The summed E-state index contributed by atoms with van der Waals surface area (Å²) in [6, 6.07) is 3.81. The maximum atomic E-state index is 12.4. The lowest BCUT2D eigenvalue weighted by atomic mass is 9.78. The van der Waals surface area contributed by atoms with Crippen LogP contribution < -0.4 is 11.1 Å². The molecule has 0 aliphatic heterocycles. The van der Waals surface area contributed by atoms with Gasteiger partial charge in [0, 0.05) is 25.5 Å². The molecule has 0 radical (unpaired) electrons. The van der Waals surface area contributed by atoms with Crippen LogP contribution in [0.15, 0.2) is 24.5 Å². The molecule has 1 rings (SSSR count). The predicted octanol–water partition coefficient (Wildman–Crippen LogP) is 2.24. The van der Waals surface area contributed by atoms with E-state index in [0.29, 0.717) is 13.1 Å². The molecule has 0 bridgehead atoms. The van der Waals surface area contributed by atoms with Gasteiger partial charge in [0.15, 0.2) is 0 Å². The van der Waals surface area contributed by atoms with Gasteiger partial charge in [-0.1, -0.05) is 26.7 Å². The van der Waals surface area contributed by atoms with E-state index < -0.39 is 5.41 Å². The highest BCUT2D eigenvalue weighted by molar-refractivity contribution is 5.82. The maximum Gasteiger partial charge on any atom is 0.227 e. The van der Waals surface area contributed by atoms with Crippen LogP contribution in [-0.4, -0.2) is 17.4 Å². The first kappa shape index (κ1) is 15.6. The van der Waals surface area contributed by atoms with E-state index in [1.165, 1.54) is 0 Å². The molecule has 19 heavy (non-hydrogen) atoms. The number of rotatable bonds is 8. The summed E-state index contributed by atoms with van der Waals surface area (Å²) in [7, 11) is 0. The van der Waals surface area contributed by atoms with Crippen molar-refractivity contribution in [3.8, 4) is 0 Å². The molecule has 1 amide bonds. The molecule has 1 aromatic rings. The van der Waals surface area contributed by atoms with Crippen molar-refractivity contribution < 1.29 is 4.79 Å². The summed E-state index contributed by atoms with van der Waals surface area (Å²) in [5.74, 6) is 0.0792. The molecule has 0 unspecified atom stereocenters. The van der Waals surface area contributed by atoms with Crippen molar-refractivity contribution in [3.05, 3.63) is 30.1 Å². The van der Waals surface area contributed by atoms with Crippen LogP contribution in [0.1, 0.15) is 45.1 Å². The first-order valence-electron chi connectivity index (χ1n) is 7.05. The zero-order chi connectivity index (χ0) is 14.1. The van der Waals surface area contributed by atoms with Gasteiger partial charge < -0.3 is 11.1 Å². The van der Waals surface area contributed by atoms with Crippen LogP contribution in [0.25, 0.3) is 0 Å². The predicted molar refractivity (Wildman–Crippen MR) is 77.4 cm³/mol. The number of aromatic nitrogens is 1. The lowest BCUT2D eigenvalue weighted by molar-refractivity contribution is -0.131. The lowest BCUT2D eigenvalue weighted by Crippen LogP contribution is -2.45. The average molecular weight is 263 g/mol. The Labute approximate surface area is 115 Å². The van der Waals surface area contributed by atoms with Gasteiger partial charge in [-0.2, -0.15) is 0 Å². The number of carbonyl (C=O) groups is 1. The number of nitrogens with zero attached hydrogens (tertiary/aromatic N) is 1. The summed E-state index contributed by atoms with van der Waals surface area (Å²) in [4.78, 5) is 16.4. The first-order chi connectivity index (χ1) is 9.18. The van der Waals surface area contributed by atoms with Crippen LogP contribution in [-0.2, 0) is 11.3 Å². The van der Waals surface area contributed by atoms with Crippen LogP contribution in [0.4, 0.5) is 0 Å². The largest absolute Gasteiger partial charge is 0.352 e. The van der Waals surface area contributed by atoms with Crippen LogP contribution in [0, 0.1) is 5.41 Å². The van der Waals surface area contributed by atoms with Gasteiger partial charge in [-0.05, 0) is 30.5 Å². The van der Waals surface area contributed by atoms with Gasteiger partial charge in [0.2, 0.25) is 5.91 Å². The zero-order valence-electron chi connectivity index (χ0n) is 12.0. The monoisotopic (exact) mass is 263 g/mol. The SMILES string of the molecule is CCCC(CN)(CCC)C(=O)NCc1ccncc1. The van der Waals surface area contributed by atoms with E-state index in [1.807, 2.05) is 12.1 Å². The fourth-order valence-electron chi connectivity index (χ4n) is 2.48. The third kappa shape index (κ3) is 4.31. The molecule has 106 valence electrons. The molecule has 0 aliphatic carbocycles. The number of carbonyl (C=O) groups excluding carboxylic acids is 1. The van der Waals surface area contributed by atoms with Crippen molar-refractivity contribution in [1.29, 1.82) is 0 Å². The van der Waals surface area contributed by atoms with E-state index >= 15 is 0 Å². The highest BCUT2D eigenvalue weighted by atomic mass is 16.2. The Morgan fingerprint density at radius 1 is 1.26 bits per heavy atom. The molecule has 1 heterocycles. The molecule has 0 saturated heterocycles. The minimum atomic E-state index is -0.406. The zero-order valence-corrected chi connectivity index (χ0v) is 12.0. The molecule has 1 aromatic heterocycles. The quantitative estimate of drug-likeness (QED) is 0.756. The molecule has 0 spiro atoms. The molecular weight excluding hydrogens is 238 g/mol. The first-order valence-corrected chi connectivity index (χ1v) is 7.05. The van der Waals surface area contributed by atoms with E-state index in [4.69, 9.17) is 5.73 Å². The topological polar surface area (TPSA) is 68.0 Å².